The van der Waals surface area contributed by atoms with Gasteiger partial charge in [0.2, 0.25) is 0 Å². The number of benzene rings is 2. The third-order valence-corrected chi connectivity index (χ3v) is 5.90. The van der Waals surface area contributed by atoms with E-state index in [1.165, 1.54) is 21.4 Å². The van der Waals surface area contributed by atoms with Crippen molar-refractivity contribution < 1.29 is 0 Å². The lowest BCUT2D eigenvalue weighted by molar-refractivity contribution is 0.735. The molecule has 1 aromatic heterocycles. The molecule has 23 heavy (non-hydrogen) atoms. The maximum Gasteiger partial charge on any atom is 0.0746 e. The van der Waals surface area contributed by atoms with Gasteiger partial charge in [0.15, 0.2) is 0 Å². The van der Waals surface area contributed by atoms with E-state index in [0.29, 0.717) is 0 Å². The van der Waals surface area contributed by atoms with Crippen LogP contribution in [0.25, 0.3) is 10.9 Å². The van der Waals surface area contributed by atoms with E-state index in [4.69, 9.17) is 0 Å². The van der Waals surface area contributed by atoms with Crippen LogP contribution in [-0.4, -0.2) is 17.3 Å². The van der Waals surface area contributed by atoms with Gasteiger partial charge in [-0.05, 0) is 36.2 Å². The molecular formula is C19H20N2S2. The van der Waals surface area contributed by atoms with Crippen molar-refractivity contribution in [2.45, 2.75) is 18.4 Å². The van der Waals surface area contributed by atoms with Crippen LogP contribution in [0, 0.1) is 6.92 Å². The Morgan fingerprint density at radius 2 is 1.91 bits per heavy atom. The van der Waals surface area contributed by atoms with Crippen LogP contribution >= 0.6 is 21.6 Å². The van der Waals surface area contributed by atoms with Crippen LogP contribution in [0.2, 0.25) is 0 Å². The lowest BCUT2D eigenvalue weighted by Gasteiger charge is -2.07. The number of hydrogen-bond acceptors (Lipinski definition) is 4. The Kier molecular flexibility index (Phi) is 5.97. The van der Waals surface area contributed by atoms with Gasteiger partial charge in [-0.1, -0.05) is 58.0 Å². The fourth-order valence-electron chi connectivity index (χ4n) is 2.42. The van der Waals surface area contributed by atoms with Crippen LogP contribution in [0.3, 0.4) is 0 Å². The first-order valence-electron chi connectivity index (χ1n) is 7.72. The Bertz CT molecular complexity index is 769. The highest BCUT2D eigenvalue weighted by atomic mass is 33.1. The Hall–Kier alpha value is -1.49. The minimum atomic E-state index is 0.865. The van der Waals surface area contributed by atoms with Crippen molar-refractivity contribution in [3.8, 4) is 0 Å². The van der Waals surface area contributed by atoms with Crippen LogP contribution in [0.5, 0.6) is 0 Å². The summed E-state index contributed by atoms with van der Waals surface area (Å²) in [4.78, 5) is 5.82. The summed E-state index contributed by atoms with van der Waals surface area (Å²) in [7, 11) is 3.74. The summed E-state index contributed by atoms with van der Waals surface area (Å²) in [5.74, 6) is 1.08. The monoisotopic (exact) mass is 340 g/mol. The summed E-state index contributed by atoms with van der Waals surface area (Å²) in [6, 6.07) is 19.1. The molecule has 0 saturated carbocycles. The van der Waals surface area contributed by atoms with Crippen LogP contribution in [-0.2, 0) is 6.54 Å². The quantitative estimate of drug-likeness (QED) is 0.479. The van der Waals surface area contributed by atoms with E-state index in [9.17, 15) is 0 Å². The second-order valence-electron chi connectivity index (χ2n) is 5.39. The Balaban J connectivity index is 1.43. The maximum atomic E-state index is 4.49. The van der Waals surface area contributed by atoms with E-state index in [-0.39, 0.29) is 0 Å². The molecule has 0 aliphatic rings. The van der Waals surface area contributed by atoms with Crippen LogP contribution in [0.15, 0.2) is 65.7 Å². The first kappa shape index (κ1) is 16.4. The predicted octanol–water partition coefficient (Wildman–Crippen LogP) is 5.07. The first-order valence-corrected chi connectivity index (χ1v) is 10.0. The predicted molar refractivity (Wildman–Crippen MR) is 103 cm³/mol. The molecule has 0 atom stereocenters. The summed E-state index contributed by atoms with van der Waals surface area (Å²) in [5, 5.41) is 4.72. The van der Waals surface area contributed by atoms with Gasteiger partial charge in [-0.2, -0.15) is 0 Å². The minimum absolute atomic E-state index is 0.865. The molecule has 0 radical (unpaired) electrons. The molecule has 1 heterocycles. The van der Waals surface area contributed by atoms with E-state index < -0.39 is 0 Å². The van der Waals surface area contributed by atoms with Gasteiger partial charge in [-0.3, -0.25) is 4.98 Å². The van der Waals surface area contributed by atoms with Gasteiger partial charge in [-0.15, -0.1) is 0 Å². The minimum Gasteiger partial charge on any atom is -0.312 e. The molecule has 0 unspecified atom stereocenters. The molecule has 2 aromatic carbocycles. The van der Waals surface area contributed by atoms with E-state index in [0.717, 1.165) is 24.4 Å². The van der Waals surface area contributed by atoms with Crippen molar-refractivity contribution in [2.75, 3.05) is 12.3 Å². The third kappa shape index (κ3) is 4.74. The molecule has 2 nitrogen and oxygen atoms in total. The van der Waals surface area contributed by atoms with Gasteiger partial charge in [0.05, 0.1) is 5.52 Å². The van der Waals surface area contributed by atoms with Crippen molar-refractivity contribution in [3.05, 3.63) is 71.9 Å². The molecule has 3 aromatic rings. The molecule has 0 aliphatic carbocycles. The summed E-state index contributed by atoms with van der Waals surface area (Å²) < 4.78 is 0. The zero-order chi connectivity index (χ0) is 15.9. The van der Waals surface area contributed by atoms with Gasteiger partial charge in [0.1, 0.15) is 0 Å². The first-order chi connectivity index (χ1) is 11.3. The second-order valence-corrected chi connectivity index (χ2v) is 7.88. The SMILES string of the molecule is Cc1cccc(SSCCNCc2cccc3cccnc23)c1. The second kappa shape index (κ2) is 8.39. The highest BCUT2D eigenvalue weighted by Crippen LogP contribution is 2.30. The summed E-state index contributed by atoms with van der Waals surface area (Å²) >= 11 is 0. The van der Waals surface area contributed by atoms with Crippen molar-refractivity contribution in [3.63, 3.8) is 0 Å². The summed E-state index contributed by atoms with van der Waals surface area (Å²) in [6.07, 6.45) is 1.86. The van der Waals surface area contributed by atoms with E-state index in [2.05, 4.69) is 65.8 Å². The number of aryl methyl sites for hydroxylation is 1. The number of nitrogens with one attached hydrogen (secondary N) is 1. The summed E-state index contributed by atoms with van der Waals surface area (Å²) in [5.41, 5.74) is 3.68. The standard InChI is InChI=1S/C19H20N2S2/c1-15-5-2-9-18(13-15)23-22-12-11-20-14-17-7-3-6-16-8-4-10-21-19(16)17/h2-10,13,20H,11-12,14H2,1H3. The molecule has 3 rings (SSSR count). The smallest absolute Gasteiger partial charge is 0.0746 e. The van der Waals surface area contributed by atoms with E-state index in [1.54, 1.807) is 0 Å². The van der Waals surface area contributed by atoms with Crippen molar-refractivity contribution in [2.24, 2.45) is 0 Å². The molecule has 0 fully saturated rings. The van der Waals surface area contributed by atoms with Gasteiger partial charge < -0.3 is 5.32 Å². The van der Waals surface area contributed by atoms with Gasteiger partial charge in [-0.25, -0.2) is 0 Å². The average Bonchev–Trinajstić information content (AvgIpc) is 2.58. The summed E-state index contributed by atoms with van der Waals surface area (Å²) in [6.45, 7) is 3.99. The van der Waals surface area contributed by atoms with E-state index >= 15 is 0 Å². The fraction of sp³-hybridized carbons (Fsp3) is 0.211. The molecule has 0 amide bonds. The molecule has 118 valence electrons. The Morgan fingerprint density at radius 3 is 2.83 bits per heavy atom. The maximum absolute atomic E-state index is 4.49. The lowest BCUT2D eigenvalue weighted by Crippen LogP contribution is -2.16. The van der Waals surface area contributed by atoms with Crippen LogP contribution in [0.1, 0.15) is 11.1 Å². The number of nitrogens with zero attached hydrogens (tertiary/aromatic N) is 1. The van der Waals surface area contributed by atoms with Crippen LogP contribution in [0.4, 0.5) is 0 Å². The zero-order valence-corrected chi connectivity index (χ0v) is 14.8. The normalized spacial score (nSPS) is 11.0. The highest BCUT2D eigenvalue weighted by Gasteiger charge is 2.01. The molecule has 1 N–H and O–H groups in total. The van der Waals surface area contributed by atoms with Crippen LogP contribution < -0.4 is 5.32 Å². The Morgan fingerprint density at radius 1 is 1.04 bits per heavy atom. The zero-order valence-electron chi connectivity index (χ0n) is 13.2. The van der Waals surface area contributed by atoms with Crippen molar-refractivity contribution in [1.29, 1.82) is 0 Å². The Labute approximate surface area is 145 Å². The fourth-order valence-corrected chi connectivity index (χ4v) is 4.46. The molecule has 0 saturated heterocycles. The van der Waals surface area contributed by atoms with Gasteiger partial charge in [0, 0.05) is 35.3 Å². The number of aromatic nitrogens is 1. The largest absolute Gasteiger partial charge is 0.312 e. The number of fused-ring (bicyclic) bond motifs is 1. The molecule has 4 heteroatoms. The number of hydrogen-bond donors (Lipinski definition) is 1. The van der Waals surface area contributed by atoms with E-state index in [1.807, 2.05) is 33.9 Å². The molecular weight excluding hydrogens is 320 g/mol. The van der Waals surface area contributed by atoms with Gasteiger partial charge >= 0.3 is 0 Å². The molecule has 0 aliphatic heterocycles. The lowest BCUT2D eigenvalue weighted by atomic mass is 10.1. The molecule has 0 bridgehead atoms. The number of pyridine rings is 1. The topological polar surface area (TPSA) is 24.9 Å². The number of rotatable bonds is 7. The molecule has 0 spiro atoms. The number of para-hydroxylation sites is 1. The van der Waals surface area contributed by atoms with Gasteiger partial charge in [0.25, 0.3) is 0 Å². The third-order valence-electron chi connectivity index (χ3n) is 3.54. The van der Waals surface area contributed by atoms with Crippen molar-refractivity contribution in [1.82, 2.24) is 10.3 Å². The highest BCUT2D eigenvalue weighted by molar-refractivity contribution is 8.76. The van der Waals surface area contributed by atoms with Crippen molar-refractivity contribution >= 4 is 32.5 Å². The average molecular weight is 341 g/mol.